The van der Waals surface area contributed by atoms with Crippen molar-refractivity contribution >= 4 is 17.0 Å². The van der Waals surface area contributed by atoms with E-state index in [0.29, 0.717) is 6.54 Å². The number of aryl methyl sites for hydroxylation is 1. The van der Waals surface area contributed by atoms with Crippen LogP contribution in [-0.2, 0) is 12.1 Å². The smallest absolute Gasteiger partial charge is 0.269 e. The molecular weight excluding hydrogens is 274 g/mol. The molecule has 0 atom stereocenters. The van der Waals surface area contributed by atoms with Gasteiger partial charge < -0.3 is 5.32 Å². The minimum absolute atomic E-state index is 0.111. The number of hydrogen-bond acceptors (Lipinski definition) is 5. The van der Waals surface area contributed by atoms with E-state index in [1.807, 2.05) is 26.2 Å². The molecule has 1 aromatic carbocycles. The van der Waals surface area contributed by atoms with E-state index in [-0.39, 0.29) is 16.1 Å². The van der Waals surface area contributed by atoms with Gasteiger partial charge in [0.2, 0.25) is 0 Å². The summed E-state index contributed by atoms with van der Waals surface area (Å²) in [5, 5.41) is 17.2. The molecule has 0 unspecified atom stereocenters. The van der Waals surface area contributed by atoms with E-state index >= 15 is 0 Å². The van der Waals surface area contributed by atoms with Gasteiger partial charge in [-0.25, -0.2) is 4.98 Å². The molecule has 0 amide bonds. The number of nitro groups is 1. The maximum atomic E-state index is 10.7. The lowest BCUT2D eigenvalue weighted by molar-refractivity contribution is -0.384. The molecule has 2 rings (SSSR count). The molecule has 0 radical (unpaired) electrons. The summed E-state index contributed by atoms with van der Waals surface area (Å²) >= 11 is 1.63. The Labute approximate surface area is 121 Å². The van der Waals surface area contributed by atoms with E-state index < -0.39 is 0 Å². The van der Waals surface area contributed by atoms with Gasteiger partial charge in [0.1, 0.15) is 0 Å². The third-order valence-electron chi connectivity index (χ3n) is 3.18. The van der Waals surface area contributed by atoms with Crippen LogP contribution in [0.15, 0.2) is 29.6 Å². The molecular formula is C14H17N3O2S. The van der Waals surface area contributed by atoms with Crippen LogP contribution >= 0.6 is 11.3 Å². The second kappa shape index (κ2) is 5.68. The normalized spacial score (nSPS) is 11.6. The van der Waals surface area contributed by atoms with Crippen LogP contribution < -0.4 is 5.32 Å². The average molecular weight is 291 g/mol. The number of nitrogens with zero attached hydrogens (tertiary/aromatic N) is 2. The summed E-state index contributed by atoms with van der Waals surface area (Å²) in [5.41, 5.74) is 1.87. The minimum Gasteiger partial charge on any atom is -0.302 e. The zero-order valence-electron chi connectivity index (χ0n) is 11.7. The SMILES string of the molecule is Cc1nc(CNC(C)(C)c2ccc([N+](=O)[O-])cc2)cs1. The van der Waals surface area contributed by atoms with Gasteiger partial charge in [-0.2, -0.15) is 0 Å². The summed E-state index contributed by atoms with van der Waals surface area (Å²) in [6.45, 7) is 6.75. The Morgan fingerprint density at radius 3 is 2.50 bits per heavy atom. The fourth-order valence-corrected chi connectivity index (χ4v) is 2.52. The van der Waals surface area contributed by atoms with Crippen LogP contribution in [0.3, 0.4) is 0 Å². The van der Waals surface area contributed by atoms with Crippen LogP contribution in [-0.4, -0.2) is 9.91 Å². The Morgan fingerprint density at radius 1 is 1.35 bits per heavy atom. The predicted molar refractivity (Wildman–Crippen MR) is 79.8 cm³/mol. The van der Waals surface area contributed by atoms with Gasteiger partial charge >= 0.3 is 0 Å². The lowest BCUT2D eigenvalue weighted by Crippen LogP contribution is -2.36. The maximum Gasteiger partial charge on any atom is 0.269 e. The highest BCUT2D eigenvalue weighted by molar-refractivity contribution is 7.09. The summed E-state index contributed by atoms with van der Waals surface area (Å²) in [4.78, 5) is 14.7. The van der Waals surface area contributed by atoms with Crippen LogP contribution in [0.2, 0.25) is 0 Å². The van der Waals surface area contributed by atoms with Crippen LogP contribution in [0.4, 0.5) is 5.69 Å². The fraction of sp³-hybridized carbons (Fsp3) is 0.357. The zero-order valence-corrected chi connectivity index (χ0v) is 12.5. The van der Waals surface area contributed by atoms with Gasteiger partial charge in [0, 0.05) is 29.6 Å². The molecule has 0 saturated heterocycles. The lowest BCUT2D eigenvalue weighted by atomic mass is 9.94. The number of hydrogen-bond donors (Lipinski definition) is 1. The van der Waals surface area contributed by atoms with Crippen molar-refractivity contribution in [2.24, 2.45) is 0 Å². The van der Waals surface area contributed by atoms with Gasteiger partial charge in [-0.15, -0.1) is 11.3 Å². The zero-order chi connectivity index (χ0) is 14.8. The molecule has 6 heteroatoms. The van der Waals surface area contributed by atoms with E-state index in [0.717, 1.165) is 16.3 Å². The molecule has 0 aliphatic carbocycles. The number of thiazole rings is 1. The Balaban J connectivity index is 2.07. The van der Waals surface area contributed by atoms with E-state index in [9.17, 15) is 10.1 Å². The highest BCUT2D eigenvalue weighted by atomic mass is 32.1. The molecule has 0 bridgehead atoms. The van der Waals surface area contributed by atoms with Crippen LogP contribution in [0, 0.1) is 17.0 Å². The molecule has 0 saturated carbocycles. The van der Waals surface area contributed by atoms with Gasteiger partial charge in [-0.05, 0) is 26.3 Å². The first-order valence-electron chi connectivity index (χ1n) is 6.29. The van der Waals surface area contributed by atoms with Crippen molar-refractivity contribution in [3.8, 4) is 0 Å². The van der Waals surface area contributed by atoms with Gasteiger partial charge in [0.25, 0.3) is 5.69 Å². The minimum atomic E-state index is -0.387. The molecule has 1 N–H and O–H groups in total. The highest BCUT2D eigenvalue weighted by Gasteiger charge is 2.20. The van der Waals surface area contributed by atoms with Gasteiger partial charge in [-0.1, -0.05) is 12.1 Å². The first-order valence-corrected chi connectivity index (χ1v) is 7.17. The molecule has 5 nitrogen and oxygen atoms in total. The third-order valence-corrected chi connectivity index (χ3v) is 4.00. The molecule has 0 fully saturated rings. The number of aromatic nitrogens is 1. The van der Waals surface area contributed by atoms with Crippen molar-refractivity contribution in [3.05, 3.63) is 56.0 Å². The van der Waals surface area contributed by atoms with Crippen molar-refractivity contribution in [1.82, 2.24) is 10.3 Å². The predicted octanol–water partition coefficient (Wildman–Crippen LogP) is 3.38. The van der Waals surface area contributed by atoms with Crippen molar-refractivity contribution in [2.45, 2.75) is 32.9 Å². The Morgan fingerprint density at radius 2 is 2.00 bits per heavy atom. The molecule has 1 aromatic heterocycles. The molecule has 106 valence electrons. The Hall–Kier alpha value is -1.79. The summed E-state index contributed by atoms with van der Waals surface area (Å²) in [6.07, 6.45) is 0. The molecule has 1 heterocycles. The number of nitrogens with one attached hydrogen (secondary N) is 1. The second-order valence-electron chi connectivity index (χ2n) is 5.14. The van der Waals surface area contributed by atoms with Crippen LogP contribution in [0.1, 0.15) is 30.1 Å². The van der Waals surface area contributed by atoms with E-state index in [4.69, 9.17) is 0 Å². The number of nitro benzene ring substituents is 1. The largest absolute Gasteiger partial charge is 0.302 e. The second-order valence-corrected chi connectivity index (χ2v) is 6.20. The molecule has 0 aliphatic heterocycles. The number of non-ortho nitro benzene ring substituents is 1. The Bertz CT molecular complexity index is 605. The third kappa shape index (κ3) is 3.40. The molecule has 0 aliphatic rings. The Kier molecular flexibility index (Phi) is 4.15. The summed E-state index contributed by atoms with van der Waals surface area (Å²) in [6, 6.07) is 6.65. The van der Waals surface area contributed by atoms with E-state index in [1.165, 1.54) is 12.1 Å². The quantitative estimate of drug-likeness (QED) is 0.677. The first-order chi connectivity index (χ1) is 9.38. The highest BCUT2D eigenvalue weighted by Crippen LogP contribution is 2.23. The molecule has 20 heavy (non-hydrogen) atoms. The van der Waals surface area contributed by atoms with Gasteiger partial charge in [-0.3, -0.25) is 10.1 Å². The van der Waals surface area contributed by atoms with Crippen LogP contribution in [0.25, 0.3) is 0 Å². The molecule has 0 spiro atoms. The fourth-order valence-electron chi connectivity index (χ4n) is 1.90. The standard InChI is InChI=1S/C14H17N3O2S/c1-10-16-12(9-20-10)8-15-14(2,3)11-4-6-13(7-5-11)17(18)19/h4-7,9,15H,8H2,1-3H3. The van der Waals surface area contributed by atoms with Gasteiger partial charge in [0.15, 0.2) is 0 Å². The monoisotopic (exact) mass is 291 g/mol. The number of rotatable bonds is 5. The van der Waals surface area contributed by atoms with Crippen molar-refractivity contribution in [3.63, 3.8) is 0 Å². The van der Waals surface area contributed by atoms with Crippen molar-refractivity contribution in [1.29, 1.82) is 0 Å². The number of benzene rings is 1. The summed E-state index contributed by atoms with van der Waals surface area (Å²) in [7, 11) is 0. The first kappa shape index (κ1) is 14.6. The van der Waals surface area contributed by atoms with Crippen molar-refractivity contribution < 1.29 is 4.92 Å². The lowest BCUT2D eigenvalue weighted by Gasteiger charge is -2.26. The van der Waals surface area contributed by atoms with Crippen molar-refractivity contribution in [2.75, 3.05) is 0 Å². The van der Waals surface area contributed by atoms with E-state index in [2.05, 4.69) is 10.3 Å². The van der Waals surface area contributed by atoms with E-state index in [1.54, 1.807) is 23.5 Å². The topological polar surface area (TPSA) is 68.1 Å². The van der Waals surface area contributed by atoms with Gasteiger partial charge in [0.05, 0.1) is 15.6 Å². The maximum absolute atomic E-state index is 10.7. The average Bonchev–Trinajstić information content (AvgIpc) is 2.82. The summed E-state index contributed by atoms with van der Waals surface area (Å²) < 4.78 is 0. The summed E-state index contributed by atoms with van der Waals surface area (Å²) in [5.74, 6) is 0. The van der Waals surface area contributed by atoms with Crippen LogP contribution in [0.5, 0.6) is 0 Å². The molecule has 2 aromatic rings.